The Morgan fingerprint density at radius 2 is 1.43 bits per heavy atom. The van der Waals surface area contributed by atoms with E-state index in [1.807, 2.05) is 0 Å². The highest BCUT2D eigenvalue weighted by Gasteiger charge is 2.14. The van der Waals surface area contributed by atoms with Gasteiger partial charge in [-0.3, -0.25) is 0 Å². The van der Waals surface area contributed by atoms with Crippen molar-refractivity contribution in [2.24, 2.45) is 0 Å². The summed E-state index contributed by atoms with van der Waals surface area (Å²) in [4.78, 5) is 18.0. The molecule has 0 saturated heterocycles. The Kier molecular flexibility index (Phi) is 7.08. The first-order valence-electron chi connectivity index (χ1n) is 9.39. The normalized spacial score (nSPS) is 18.5. The van der Waals surface area contributed by atoms with Crippen LogP contribution in [0.15, 0.2) is 97.0 Å². The van der Waals surface area contributed by atoms with E-state index >= 15 is 0 Å². The Morgan fingerprint density at radius 3 is 2.18 bits per heavy atom. The van der Waals surface area contributed by atoms with E-state index in [-0.39, 0.29) is 0 Å². The second-order valence-corrected chi connectivity index (χ2v) is 9.55. The molecule has 0 spiro atoms. The van der Waals surface area contributed by atoms with Gasteiger partial charge in [0.25, 0.3) is 0 Å². The fourth-order valence-electron chi connectivity index (χ4n) is 2.76. The van der Waals surface area contributed by atoms with Crippen molar-refractivity contribution in [2.75, 3.05) is 0 Å². The van der Waals surface area contributed by atoms with Crippen LogP contribution < -0.4 is 0 Å². The SMILES string of the molecule is C1=CC=C(Sc2nc(SC3=CCCC=C3)nc(SC3=CC=CCC3)n2)CC=C1. The smallest absolute Gasteiger partial charge is 0.196 e. The molecular formula is C22H21N3S3. The molecule has 0 amide bonds. The second-order valence-electron chi connectivity index (χ2n) is 6.33. The van der Waals surface area contributed by atoms with E-state index in [2.05, 4.69) is 66.8 Å². The first-order chi connectivity index (χ1) is 13.8. The van der Waals surface area contributed by atoms with Gasteiger partial charge in [-0.15, -0.1) is 0 Å². The van der Waals surface area contributed by atoms with E-state index in [1.165, 1.54) is 14.7 Å². The monoisotopic (exact) mass is 423 g/mol. The molecule has 6 heteroatoms. The maximum Gasteiger partial charge on any atom is 0.197 e. The summed E-state index contributed by atoms with van der Waals surface area (Å²) in [6.07, 6.45) is 28.8. The van der Waals surface area contributed by atoms with E-state index in [0.717, 1.165) is 47.6 Å². The third-order valence-electron chi connectivity index (χ3n) is 4.12. The van der Waals surface area contributed by atoms with E-state index in [4.69, 9.17) is 15.0 Å². The molecule has 0 aliphatic heterocycles. The maximum atomic E-state index is 4.74. The molecule has 1 aromatic heterocycles. The summed E-state index contributed by atoms with van der Waals surface area (Å²) < 4.78 is 0. The fraction of sp³-hybridized carbons (Fsp3) is 0.227. The molecule has 0 aromatic carbocycles. The predicted molar refractivity (Wildman–Crippen MR) is 121 cm³/mol. The number of nitrogens with zero attached hydrogens (tertiary/aromatic N) is 3. The summed E-state index contributed by atoms with van der Waals surface area (Å²) >= 11 is 4.91. The lowest BCUT2D eigenvalue weighted by molar-refractivity contribution is 0.719. The van der Waals surface area contributed by atoms with Crippen LogP contribution in [0.3, 0.4) is 0 Å². The van der Waals surface area contributed by atoms with Crippen molar-refractivity contribution >= 4 is 35.3 Å². The van der Waals surface area contributed by atoms with Crippen molar-refractivity contribution in [2.45, 2.75) is 47.6 Å². The molecule has 0 saturated carbocycles. The molecule has 0 unspecified atom stereocenters. The van der Waals surface area contributed by atoms with Gasteiger partial charge in [-0.05, 0) is 41.9 Å². The minimum absolute atomic E-state index is 0.766. The Balaban J connectivity index is 1.58. The van der Waals surface area contributed by atoms with Gasteiger partial charge >= 0.3 is 0 Å². The van der Waals surface area contributed by atoms with Crippen molar-refractivity contribution in [3.63, 3.8) is 0 Å². The van der Waals surface area contributed by atoms with Gasteiger partial charge in [0.05, 0.1) is 0 Å². The Labute approximate surface area is 179 Å². The summed E-state index contributed by atoms with van der Waals surface area (Å²) in [5.74, 6) is 0. The average molecular weight is 424 g/mol. The van der Waals surface area contributed by atoms with Crippen molar-refractivity contribution in [1.29, 1.82) is 0 Å². The summed E-state index contributed by atoms with van der Waals surface area (Å²) in [7, 11) is 0. The topological polar surface area (TPSA) is 38.7 Å². The van der Waals surface area contributed by atoms with E-state index in [9.17, 15) is 0 Å². The molecule has 0 N–H and O–H groups in total. The average Bonchev–Trinajstić information content (AvgIpc) is 2.98. The lowest BCUT2D eigenvalue weighted by Gasteiger charge is -2.11. The number of rotatable bonds is 6. The highest BCUT2D eigenvalue weighted by atomic mass is 32.2. The minimum Gasteiger partial charge on any atom is -0.196 e. The fourth-order valence-corrected chi connectivity index (χ4v) is 5.47. The number of allylic oxidation sites excluding steroid dienone is 13. The highest BCUT2D eigenvalue weighted by molar-refractivity contribution is 8.04. The van der Waals surface area contributed by atoms with Crippen molar-refractivity contribution in [3.8, 4) is 0 Å². The first kappa shape index (κ1) is 19.6. The van der Waals surface area contributed by atoms with Gasteiger partial charge in [0.15, 0.2) is 15.5 Å². The summed E-state index contributed by atoms with van der Waals surface area (Å²) in [6.45, 7) is 0. The quantitative estimate of drug-likeness (QED) is 0.490. The van der Waals surface area contributed by atoms with Gasteiger partial charge in [-0.25, -0.2) is 0 Å². The standard InChI is InChI=1S/C22H21N3S3/c1-2-6-12-17(11-5-1)26-20-23-21(27-18-13-7-3-8-14-18)25-22(24-20)28-19-15-9-4-10-16-19/h1-3,5-7,9,11,13,15-16H,4,8,10,12,14H2. The zero-order valence-corrected chi connectivity index (χ0v) is 17.9. The van der Waals surface area contributed by atoms with Crippen LogP contribution in [0.5, 0.6) is 0 Å². The Morgan fingerprint density at radius 1 is 0.643 bits per heavy atom. The summed E-state index contributed by atoms with van der Waals surface area (Å²) in [5, 5.41) is 2.31. The van der Waals surface area contributed by atoms with Crippen LogP contribution in [-0.4, -0.2) is 15.0 Å². The van der Waals surface area contributed by atoms with Crippen molar-refractivity contribution < 1.29 is 0 Å². The van der Waals surface area contributed by atoms with E-state index in [1.54, 1.807) is 35.3 Å². The van der Waals surface area contributed by atoms with Crippen LogP contribution in [0.4, 0.5) is 0 Å². The van der Waals surface area contributed by atoms with Crippen molar-refractivity contribution in [1.82, 2.24) is 15.0 Å². The number of hydrogen-bond acceptors (Lipinski definition) is 6. The van der Waals surface area contributed by atoms with E-state index < -0.39 is 0 Å². The molecule has 0 fully saturated rings. The third-order valence-corrected chi connectivity index (χ3v) is 6.93. The van der Waals surface area contributed by atoms with Gasteiger partial charge in [0.2, 0.25) is 0 Å². The maximum absolute atomic E-state index is 4.74. The number of hydrogen-bond donors (Lipinski definition) is 0. The second kappa shape index (κ2) is 10.1. The predicted octanol–water partition coefficient (Wildman–Crippen LogP) is 7.02. The van der Waals surface area contributed by atoms with Gasteiger partial charge in [0.1, 0.15) is 0 Å². The molecule has 3 aliphatic carbocycles. The molecule has 4 rings (SSSR count). The summed E-state index contributed by atoms with van der Waals surface area (Å²) in [6, 6.07) is 0. The Bertz CT molecular complexity index is 936. The van der Waals surface area contributed by atoms with Crippen LogP contribution in [0.25, 0.3) is 0 Å². The molecular weight excluding hydrogens is 402 g/mol. The third kappa shape index (κ3) is 5.87. The molecule has 3 nitrogen and oxygen atoms in total. The van der Waals surface area contributed by atoms with Crippen LogP contribution in [0.1, 0.15) is 32.1 Å². The molecule has 3 aliphatic rings. The van der Waals surface area contributed by atoms with E-state index in [0.29, 0.717) is 0 Å². The van der Waals surface area contributed by atoms with Crippen molar-refractivity contribution in [3.05, 3.63) is 81.6 Å². The Hall–Kier alpha value is -1.76. The van der Waals surface area contributed by atoms with Crippen LogP contribution in [0.2, 0.25) is 0 Å². The lowest BCUT2D eigenvalue weighted by Crippen LogP contribution is -1.98. The summed E-state index contributed by atoms with van der Waals surface area (Å²) in [5.41, 5.74) is 0. The number of thioether (sulfide) groups is 3. The minimum atomic E-state index is 0.766. The molecule has 28 heavy (non-hydrogen) atoms. The first-order valence-corrected chi connectivity index (χ1v) is 11.8. The molecule has 1 aromatic rings. The van der Waals surface area contributed by atoms with Gasteiger partial charge in [-0.1, -0.05) is 102 Å². The molecule has 0 radical (unpaired) electrons. The van der Waals surface area contributed by atoms with Gasteiger partial charge < -0.3 is 0 Å². The zero-order chi connectivity index (χ0) is 19.0. The molecule has 0 bridgehead atoms. The van der Waals surface area contributed by atoms with Gasteiger partial charge in [0, 0.05) is 4.91 Å². The van der Waals surface area contributed by atoms with Crippen LogP contribution in [-0.2, 0) is 0 Å². The van der Waals surface area contributed by atoms with Crippen LogP contribution >= 0.6 is 35.3 Å². The zero-order valence-electron chi connectivity index (χ0n) is 15.5. The highest BCUT2D eigenvalue weighted by Crippen LogP contribution is 2.35. The number of aromatic nitrogens is 3. The lowest BCUT2D eigenvalue weighted by atomic mass is 10.2. The molecule has 1 heterocycles. The van der Waals surface area contributed by atoms with Gasteiger partial charge in [-0.2, -0.15) is 15.0 Å². The molecule has 0 atom stereocenters. The van der Waals surface area contributed by atoms with Crippen LogP contribution in [0, 0.1) is 0 Å². The molecule has 142 valence electrons. The largest absolute Gasteiger partial charge is 0.197 e.